The van der Waals surface area contributed by atoms with Gasteiger partial charge in [-0.05, 0) is 23.6 Å². The van der Waals surface area contributed by atoms with Gasteiger partial charge in [0.05, 0.1) is 6.20 Å². The number of rotatable bonds is 1. The molecule has 82 valence electrons. The molecular formula is C13H15N3. The van der Waals surface area contributed by atoms with E-state index < -0.39 is 0 Å². The predicted octanol–water partition coefficient (Wildman–Crippen LogP) is 2.08. The molecule has 1 aliphatic rings. The van der Waals surface area contributed by atoms with Crippen LogP contribution < -0.4 is 4.90 Å². The van der Waals surface area contributed by atoms with Gasteiger partial charge in [0, 0.05) is 38.1 Å². The fourth-order valence-corrected chi connectivity index (χ4v) is 2.29. The van der Waals surface area contributed by atoms with Crippen LogP contribution in [0.3, 0.4) is 0 Å². The normalized spacial score (nSPS) is 14.2. The van der Waals surface area contributed by atoms with Crippen LogP contribution in [0.1, 0.15) is 5.56 Å². The van der Waals surface area contributed by atoms with Crippen LogP contribution in [0.4, 0.5) is 5.69 Å². The van der Waals surface area contributed by atoms with Gasteiger partial charge in [0.2, 0.25) is 0 Å². The summed E-state index contributed by atoms with van der Waals surface area (Å²) in [4.78, 5) is 2.31. The molecule has 0 amide bonds. The van der Waals surface area contributed by atoms with E-state index in [0.717, 1.165) is 6.54 Å². The van der Waals surface area contributed by atoms with Gasteiger partial charge in [-0.25, -0.2) is 0 Å². The number of hydrogen-bond donors (Lipinski definition) is 0. The molecule has 0 saturated heterocycles. The summed E-state index contributed by atoms with van der Waals surface area (Å²) in [6, 6.07) is 6.69. The van der Waals surface area contributed by atoms with Crippen LogP contribution in [0, 0.1) is 0 Å². The van der Waals surface area contributed by atoms with Gasteiger partial charge in [0.15, 0.2) is 0 Å². The topological polar surface area (TPSA) is 21.1 Å². The van der Waals surface area contributed by atoms with E-state index in [4.69, 9.17) is 0 Å². The number of fused-ring (bicyclic) bond motifs is 1. The van der Waals surface area contributed by atoms with Crippen LogP contribution >= 0.6 is 0 Å². The van der Waals surface area contributed by atoms with E-state index in [1.807, 2.05) is 17.9 Å². The van der Waals surface area contributed by atoms with Crippen LogP contribution in [0.25, 0.3) is 11.1 Å². The van der Waals surface area contributed by atoms with Crippen LogP contribution in [-0.2, 0) is 13.5 Å². The Bertz CT molecular complexity index is 528. The van der Waals surface area contributed by atoms with Crippen molar-refractivity contribution in [2.24, 2.45) is 7.05 Å². The molecule has 0 fully saturated rings. The van der Waals surface area contributed by atoms with Crippen molar-refractivity contribution < 1.29 is 0 Å². The Morgan fingerprint density at radius 3 is 2.81 bits per heavy atom. The number of hydrogen-bond acceptors (Lipinski definition) is 2. The Morgan fingerprint density at radius 1 is 1.19 bits per heavy atom. The van der Waals surface area contributed by atoms with Crippen molar-refractivity contribution in [3.8, 4) is 11.1 Å². The summed E-state index contributed by atoms with van der Waals surface area (Å²) in [5.74, 6) is 0. The molecular weight excluding hydrogens is 198 g/mol. The first-order chi connectivity index (χ1) is 7.74. The van der Waals surface area contributed by atoms with Crippen LogP contribution in [0.15, 0.2) is 30.6 Å². The van der Waals surface area contributed by atoms with E-state index in [1.165, 1.54) is 28.8 Å². The summed E-state index contributed by atoms with van der Waals surface area (Å²) in [5.41, 5.74) is 5.25. The van der Waals surface area contributed by atoms with Gasteiger partial charge >= 0.3 is 0 Å². The van der Waals surface area contributed by atoms with Crippen LogP contribution in [0.5, 0.6) is 0 Å². The molecule has 3 heteroatoms. The third kappa shape index (κ3) is 1.40. The quantitative estimate of drug-likeness (QED) is 0.723. The number of nitrogens with zero attached hydrogens (tertiary/aromatic N) is 3. The lowest BCUT2D eigenvalue weighted by Gasteiger charge is -2.12. The maximum Gasteiger partial charge on any atom is 0.0568 e. The number of benzene rings is 1. The highest BCUT2D eigenvalue weighted by molar-refractivity contribution is 5.71. The molecule has 1 aromatic heterocycles. The smallest absolute Gasteiger partial charge is 0.0568 e. The minimum Gasteiger partial charge on any atom is -0.374 e. The molecule has 1 aromatic carbocycles. The molecule has 1 aliphatic heterocycles. The van der Waals surface area contributed by atoms with Crippen molar-refractivity contribution in [2.45, 2.75) is 6.42 Å². The molecule has 3 rings (SSSR count). The van der Waals surface area contributed by atoms with Gasteiger partial charge in [-0.3, -0.25) is 4.68 Å². The van der Waals surface area contributed by atoms with Crippen molar-refractivity contribution >= 4 is 5.69 Å². The second-order valence-electron chi connectivity index (χ2n) is 4.42. The van der Waals surface area contributed by atoms with Gasteiger partial charge in [-0.2, -0.15) is 5.10 Å². The first kappa shape index (κ1) is 9.46. The highest BCUT2D eigenvalue weighted by Crippen LogP contribution is 2.31. The van der Waals surface area contributed by atoms with Gasteiger partial charge in [-0.1, -0.05) is 12.1 Å². The van der Waals surface area contributed by atoms with E-state index in [-0.39, 0.29) is 0 Å². The summed E-state index contributed by atoms with van der Waals surface area (Å²) in [6.07, 6.45) is 5.13. The first-order valence-corrected chi connectivity index (χ1v) is 5.57. The fraction of sp³-hybridized carbons (Fsp3) is 0.308. The Labute approximate surface area is 95.3 Å². The Balaban J connectivity index is 2.07. The molecule has 0 atom stereocenters. The first-order valence-electron chi connectivity index (χ1n) is 5.57. The van der Waals surface area contributed by atoms with Gasteiger partial charge in [0.25, 0.3) is 0 Å². The molecule has 0 bridgehead atoms. The second-order valence-corrected chi connectivity index (χ2v) is 4.42. The molecule has 3 nitrogen and oxygen atoms in total. The predicted molar refractivity (Wildman–Crippen MR) is 65.6 cm³/mol. The molecule has 0 N–H and O–H groups in total. The molecule has 0 spiro atoms. The van der Waals surface area contributed by atoms with Gasteiger partial charge in [0.1, 0.15) is 0 Å². The van der Waals surface area contributed by atoms with Crippen molar-refractivity contribution in [3.63, 3.8) is 0 Å². The van der Waals surface area contributed by atoms with E-state index in [1.54, 1.807) is 0 Å². The minimum atomic E-state index is 1.13. The molecule has 16 heavy (non-hydrogen) atoms. The third-order valence-electron chi connectivity index (χ3n) is 3.25. The monoisotopic (exact) mass is 213 g/mol. The zero-order valence-electron chi connectivity index (χ0n) is 9.64. The molecule has 2 aromatic rings. The van der Waals surface area contributed by atoms with Gasteiger partial charge < -0.3 is 4.90 Å². The maximum absolute atomic E-state index is 4.21. The number of aryl methyl sites for hydroxylation is 1. The summed E-state index contributed by atoms with van der Waals surface area (Å²) in [6.45, 7) is 1.13. The van der Waals surface area contributed by atoms with Crippen molar-refractivity contribution in [1.82, 2.24) is 9.78 Å². The van der Waals surface area contributed by atoms with E-state index in [9.17, 15) is 0 Å². The molecule has 2 heterocycles. The Morgan fingerprint density at radius 2 is 2.06 bits per heavy atom. The Kier molecular flexibility index (Phi) is 1.99. The largest absolute Gasteiger partial charge is 0.374 e. The molecule has 0 saturated carbocycles. The van der Waals surface area contributed by atoms with E-state index >= 15 is 0 Å². The van der Waals surface area contributed by atoms with Crippen molar-refractivity contribution in [3.05, 3.63) is 36.2 Å². The van der Waals surface area contributed by atoms with Crippen molar-refractivity contribution in [1.29, 1.82) is 0 Å². The number of anilines is 1. The molecule has 0 aliphatic carbocycles. The number of aromatic nitrogens is 2. The lowest BCUT2D eigenvalue weighted by molar-refractivity contribution is 0.768. The summed E-state index contributed by atoms with van der Waals surface area (Å²) < 4.78 is 1.84. The average Bonchev–Trinajstić information content (AvgIpc) is 2.86. The fourth-order valence-electron chi connectivity index (χ4n) is 2.29. The lowest BCUT2D eigenvalue weighted by atomic mass is 10.1. The van der Waals surface area contributed by atoms with E-state index in [0.29, 0.717) is 0 Å². The molecule has 0 unspecified atom stereocenters. The molecule has 0 radical (unpaired) electrons. The summed E-state index contributed by atoms with van der Waals surface area (Å²) in [5, 5.41) is 4.21. The lowest BCUT2D eigenvalue weighted by Crippen LogP contribution is -2.12. The second kappa shape index (κ2) is 3.37. The van der Waals surface area contributed by atoms with Crippen LogP contribution in [0.2, 0.25) is 0 Å². The average molecular weight is 213 g/mol. The maximum atomic E-state index is 4.21. The zero-order valence-corrected chi connectivity index (χ0v) is 9.64. The zero-order chi connectivity index (χ0) is 11.1. The van der Waals surface area contributed by atoms with Crippen LogP contribution in [-0.4, -0.2) is 23.4 Å². The highest BCUT2D eigenvalue weighted by atomic mass is 15.2. The SMILES string of the molecule is CN1CCc2ccc(-c3cnn(C)c3)cc21. The van der Waals surface area contributed by atoms with Crippen molar-refractivity contribution in [2.75, 3.05) is 18.5 Å². The highest BCUT2D eigenvalue weighted by Gasteiger charge is 2.16. The van der Waals surface area contributed by atoms with E-state index in [2.05, 4.69) is 41.4 Å². The van der Waals surface area contributed by atoms with Gasteiger partial charge in [-0.15, -0.1) is 0 Å². The standard InChI is InChI=1S/C13H15N3/c1-15-6-5-10-3-4-11(7-13(10)15)12-8-14-16(2)9-12/h3-4,7-9H,5-6H2,1-2H3. The minimum absolute atomic E-state index is 1.13. The summed E-state index contributed by atoms with van der Waals surface area (Å²) in [7, 11) is 4.10. The number of likely N-dealkylation sites (N-methyl/N-ethyl adjacent to an activating group) is 1. The summed E-state index contributed by atoms with van der Waals surface area (Å²) >= 11 is 0. The third-order valence-corrected chi connectivity index (χ3v) is 3.25. The Hall–Kier alpha value is -1.77.